The third-order valence-corrected chi connectivity index (χ3v) is 3.48. The van der Waals surface area contributed by atoms with Crippen molar-refractivity contribution in [1.29, 1.82) is 0 Å². The third-order valence-electron chi connectivity index (χ3n) is 3.18. The molecule has 21 heavy (non-hydrogen) atoms. The highest BCUT2D eigenvalue weighted by atomic mass is 35.5. The maximum absolute atomic E-state index is 12.9. The standard InChI is InChI=1S/C14H15ClFNO4/c15-10-5-9(16)3-4-12(10)21-7-13(18)17-11(6-14(19)20)8-1-2-8/h3-5,8,11H,1-2,6-7H2,(H,17,18)(H,19,20). The van der Waals surface area contributed by atoms with Gasteiger partial charge in [-0.2, -0.15) is 0 Å². The quantitative estimate of drug-likeness (QED) is 0.809. The minimum Gasteiger partial charge on any atom is -0.482 e. The van der Waals surface area contributed by atoms with E-state index < -0.39 is 17.7 Å². The van der Waals surface area contributed by atoms with E-state index >= 15 is 0 Å². The molecule has 0 radical (unpaired) electrons. The molecular formula is C14H15ClFNO4. The molecule has 2 N–H and O–H groups in total. The van der Waals surface area contributed by atoms with Gasteiger partial charge in [0.25, 0.3) is 5.91 Å². The predicted octanol–water partition coefficient (Wildman–Crippen LogP) is 2.23. The van der Waals surface area contributed by atoms with Crippen LogP contribution in [0.4, 0.5) is 4.39 Å². The Balaban J connectivity index is 1.84. The smallest absolute Gasteiger partial charge is 0.305 e. The maximum atomic E-state index is 12.9. The number of hydrogen-bond donors (Lipinski definition) is 2. The summed E-state index contributed by atoms with van der Waals surface area (Å²) in [6, 6.07) is 3.23. The first kappa shape index (κ1) is 15.6. The molecule has 1 aromatic rings. The van der Waals surface area contributed by atoms with E-state index in [1.54, 1.807) is 0 Å². The van der Waals surface area contributed by atoms with E-state index in [4.69, 9.17) is 21.4 Å². The predicted molar refractivity (Wildman–Crippen MR) is 73.8 cm³/mol. The van der Waals surface area contributed by atoms with Crippen LogP contribution < -0.4 is 10.1 Å². The van der Waals surface area contributed by atoms with Gasteiger partial charge in [0.05, 0.1) is 11.4 Å². The van der Waals surface area contributed by atoms with Gasteiger partial charge in [-0.1, -0.05) is 11.6 Å². The molecule has 1 amide bonds. The van der Waals surface area contributed by atoms with Gasteiger partial charge in [0.15, 0.2) is 6.61 Å². The van der Waals surface area contributed by atoms with E-state index in [0.29, 0.717) is 0 Å². The summed E-state index contributed by atoms with van der Waals surface area (Å²) in [5.74, 6) is -1.44. The molecule has 1 saturated carbocycles. The number of nitrogens with one attached hydrogen (secondary N) is 1. The average molecular weight is 316 g/mol. The molecule has 0 heterocycles. The molecule has 1 unspecified atom stereocenters. The summed E-state index contributed by atoms with van der Waals surface area (Å²) >= 11 is 5.77. The van der Waals surface area contributed by atoms with E-state index in [1.807, 2.05) is 0 Å². The van der Waals surface area contributed by atoms with E-state index in [-0.39, 0.29) is 35.8 Å². The average Bonchev–Trinajstić information content (AvgIpc) is 3.20. The molecule has 0 bridgehead atoms. The Morgan fingerprint density at radius 2 is 2.19 bits per heavy atom. The summed E-state index contributed by atoms with van der Waals surface area (Å²) in [7, 11) is 0. The lowest BCUT2D eigenvalue weighted by Gasteiger charge is -2.16. The Hall–Kier alpha value is -1.82. The van der Waals surface area contributed by atoms with Crippen molar-refractivity contribution in [1.82, 2.24) is 5.32 Å². The molecule has 0 aliphatic heterocycles. The number of halogens is 2. The molecule has 0 spiro atoms. The number of carbonyl (C=O) groups is 2. The van der Waals surface area contributed by atoms with Crippen LogP contribution in [0, 0.1) is 11.7 Å². The second-order valence-corrected chi connectivity index (χ2v) is 5.38. The van der Waals surface area contributed by atoms with Crippen LogP contribution in [0.15, 0.2) is 18.2 Å². The van der Waals surface area contributed by atoms with Crippen LogP contribution in [0.25, 0.3) is 0 Å². The van der Waals surface area contributed by atoms with Crippen LogP contribution >= 0.6 is 11.6 Å². The molecule has 1 aromatic carbocycles. The number of amides is 1. The molecule has 2 rings (SSSR count). The Bertz CT molecular complexity index is 548. The Kier molecular flexibility index (Phi) is 5.01. The SMILES string of the molecule is O=C(O)CC(NC(=O)COc1ccc(F)cc1Cl)C1CC1. The second-order valence-electron chi connectivity index (χ2n) is 4.97. The number of rotatable bonds is 7. The number of benzene rings is 1. The zero-order valence-electron chi connectivity index (χ0n) is 11.1. The van der Waals surface area contributed by atoms with E-state index in [1.165, 1.54) is 12.1 Å². The van der Waals surface area contributed by atoms with E-state index in [0.717, 1.165) is 18.9 Å². The normalized spacial score (nSPS) is 15.3. The van der Waals surface area contributed by atoms with Crippen LogP contribution in [0.2, 0.25) is 5.02 Å². The van der Waals surface area contributed by atoms with Gasteiger partial charge in [0.1, 0.15) is 11.6 Å². The summed E-state index contributed by atoms with van der Waals surface area (Å²) < 4.78 is 18.1. The molecule has 1 aliphatic carbocycles. The largest absolute Gasteiger partial charge is 0.482 e. The molecule has 1 fully saturated rings. The molecule has 7 heteroatoms. The first-order valence-corrected chi connectivity index (χ1v) is 6.92. The summed E-state index contributed by atoms with van der Waals surface area (Å²) in [5.41, 5.74) is 0. The van der Waals surface area contributed by atoms with Crippen molar-refractivity contribution in [3.63, 3.8) is 0 Å². The zero-order valence-corrected chi connectivity index (χ0v) is 11.9. The van der Waals surface area contributed by atoms with Crippen molar-refractivity contribution in [2.24, 2.45) is 5.92 Å². The number of ether oxygens (including phenoxy) is 1. The fraction of sp³-hybridized carbons (Fsp3) is 0.429. The van der Waals surface area contributed by atoms with Crippen LogP contribution in [-0.2, 0) is 9.59 Å². The second kappa shape index (κ2) is 6.76. The van der Waals surface area contributed by atoms with Gasteiger partial charge in [0.2, 0.25) is 0 Å². The number of hydrogen-bond acceptors (Lipinski definition) is 3. The van der Waals surface area contributed by atoms with Gasteiger partial charge in [-0.25, -0.2) is 4.39 Å². The summed E-state index contributed by atoms with van der Waals surface area (Å²) in [6.07, 6.45) is 1.74. The lowest BCUT2D eigenvalue weighted by Crippen LogP contribution is -2.40. The molecule has 0 aromatic heterocycles. The van der Waals surface area contributed by atoms with Crippen LogP contribution in [0.1, 0.15) is 19.3 Å². The van der Waals surface area contributed by atoms with Gasteiger partial charge in [0, 0.05) is 6.04 Å². The van der Waals surface area contributed by atoms with Crippen molar-refractivity contribution < 1.29 is 23.8 Å². The van der Waals surface area contributed by atoms with Crippen LogP contribution in [0.3, 0.4) is 0 Å². The molecular weight excluding hydrogens is 301 g/mol. The fourth-order valence-corrected chi connectivity index (χ4v) is 2.23. The van der Waals surface area contributed by atoms with Crippen molar-refractivity contribution in [2.75, 3.05) is 6.61 Å². The lowest BCUT2D eigenvalue weighted by molar-refractivity contribution is -0.138. The summed E-state index contributed by atoms with van der Waals surface area (Å²) in [4.78, 5) is 22.5. The maximum Gasteiger partial charge on any atom is 0.305 e. The fourth-order valence-electron chi connectivity index (χ4n) is 2.01. The molecule has 5 nitrogen and oxygen atoms in total. The number of aliphatic carboxylic acids is 1. The Morgan fingerprint density at radius 1 is 1.48 bits per heavy atom. The van der Waals surface area contributed by atoms with Crippen molar-refractivity contribution >= 4 is 23.5 Å². The lowest BCUT2D eigenvalue weighted by atomic mass is 10.1. The first-order chi connectivity index (χ1) is 9.95. The minimum absolute atomic E-state index is 0.0760. The van der Waals surface area contributed by atoms with Crippen molar-refractivity contribution in [3.05, 3.63) is 29.0 Å². The molecule has 1 atom stereocenters. The van der Waals surface area contributed by atoms with Crippen molar-refractivity contribution in [3.8, 4) is 5.75 Å². The summed E-state index contributed by atoms with van der Waals surface area (Å²) in [5, 5.41) is 11.5. The highest BCUT2D eigenvalue weighted by Gasteiger charge is 2.33. The first-order valence-electron chi connectivity index (χ1n) is 6.54. The number of carboxylic acid groups (broad SMARTS) is 1. The highest BCUT2D eigenvalue weighted by molar-refractivity contribution is 6.32. The van der Waals surface area contributed by atoms with Crippen LogP contribution in [0.5, 0.6) is 5.75 Å². The van der Waals surface area contributed by atoms with Gasteiger partial charge in [-0.3, -0.25) is 9.59 Å². The van der Waals surface area contributed by atoms with Gasteiger partial charge in [-0.15, -0.1) is 0 Å². The summed E-state index contributed by atoms with van der Waals surface area (Å²) in [6.45, 7) is -0.297. The minimum atomic E-state index is -0.949. The van der Waals surface area contributed by atoms with E-state index in [9.17, 15) is 14.0 Å². The van der Waals surface area contributed by atoms with Gasteiger partial charge < -0.3 is 15.2 Å². The van der Waals surface area contributed by atoms with E-state index in [2.05, 4.69) is 5.32 Å². The topological polar surface area (TPSA) is 75.6 Å². The number of carboxylic acids is 1. The highest BCUT2D eigenvalue weighted by Crippen LogP contribution is 2.34. The van der Waals surface area contributed by atoms with Crippen LogP contribution in [-0.4, -0.2) is 29.6 Å². The Morgan fingerprint density at radius 3 is 2.76 bits per heavy atom. The number of carbonyl (C=O) groups excluding carboxylic acids is 1. The Labute approximate surface area is 126 Å². The third kappa shape index (κ3) is 4.90. The molecule has 1 aliphatic rings. The zero-order chi connectivity index (χ0) is 15.4. The molecule has 114 valence electrons. The van der Waals surface area contributed by atoms with Gasteiger partial charge >= 0.3 is 5.97 Å². The monoisotopic (exact) mass is 315 g/mol. The van der Waals surface area contributed by atoms with Crippen molar-refractivity contribution in [2.45, 2.75) is 25.3 Å². The molecule has 0 saturated heterocycles. The van der Waals surface area contributed by atoms with Gasteiger partial charge in [-0.05, 0) is 37.0 Å².